The highest BCUT2D eigenvalue weighted by molar-refractivity contribution is 14.1. The fourth-order valence-electron chi connectivity index (χ4n) is 1.66. The van der Waals surface area contributed by atoms with E-state index in [1.807, 2.05) is 12.1 Å². The number of benzene rings is 1. The average Bonchev–Trinajstić information content (AvgIpc) is 2.25. The van der Waals surface area contributed by atoms with E-state index in [0.717, 1.165) is 37.9 Å². The van der Waals surface area contributed by atoms with E-state index in [1.165, 1.54) is 9.13 Å². The van der Waals surface area contributed by atoms with E-state index in [4.69, 9.17) is 16.3 Å². The van der Waals surface area contributed by atoms with Crippen molar-refractivity contribution in [1.82, 2.24) is 4.90 Å². The van der Waals surface area contributed by atoms with Crippen LogP contribution in [0.3, 0.4) is 0 Å². The molecule has 0 N–H and O–H groups in total. The molecule has 1 heterocycles. The van der Waals surface area contributed by atoms with E-state index in [1.54, 1.807) is 0 Å². The van der Waals surface area contributed by atoms with Crippen molar-refractivity contribution in [2.75, 3.05) is 26.3 Å². The van der Waals surface area contributed by atoms with Crippen LogP contribution in [0.15, 0.2) is 18.2 Å². The van der Waals surface area contributed by atoms with Crippen LogP contribution < -0.4 is 0 Å². The molecule has 0 atom stereocenters. The first-order chi connectivity index (χ1) is 7.25. The molecule has 15 heavy (non-hydrogen) atoms. The summed E-state index contributed by atoms with van der Waals surface area (Å²) in [6.45, 7) is 4.60. The van der Waals surface area contributed by atoms with E-state index in [2.05, 4.69) is 33.6 Å². The molecule has 1 saturated heterocycles. The van der Waals surface area contributed by atoms with Crippen molar-refractivity contribution in [1.29, 1.82) is 0 Å². The maximum absolute atomic E-state index is 6.15. The number of hydrogen-bond donors (Lipinski definition) is 0. The Morgan fingerprint density at radius 3 is 2.80 bits per heavy atom. The lowest BCUT2D eigenvalue weighted by Crippen LogP contribution is -2.35. The summed E-state index contributed by atoms with van der Waals surface area (Å²) in [7, 11) is 0. The minimum atomic E-state index is 0.835. The summed E-state index contributed by atoms with van der Waals surface area (Å²) in [6.07, 6.45) is 0. The van der Waals surface area contributed by atoms with Gasteiger partial charge in [0.1, 0.15) is 0 Å². The van der Waals surface area contributed by atoms with E-state index in [9.17, 15) is 0 Å². The molecule has 4 heteroatoms. The van der Waals surface area contributed by atoms with Gasteiger partial charge in [-0.25, -0.2) is 0 Å². The van der Waals surface area contributed by atoms with Gasteiger partial charge in [-0.1, -0.05) is 11.6 Å². The van der Waals surface area contributed by atoms with Gasteiger partial charge in [0.2, 0.25) is 0 Å². The van der Waals surface area contributed by atoms with Crippen molar-refractivity contribution in [3.05, 3.63) is 32.4 Å². The van der Waals surface area contributed by atoms with E-state index in [0.29, 0.717) is 0 Å². The van der Waals surface area contributed by atoms with Gasteiger partial charge >= 0.3 is 0 Å². The van der Waals surface area contributed by atoms with Crippen molar-refractivity contribution in [2.24, 2.45) is 0 Å². The molecule has 0 spiro atoms. The van der Waals surface area contributed by atoms with Crippen LogP contribution in [0.1, 0.15) is 5.56 Å². The number of halogens is 2. The SMILES string of the molecule is Clc1ccc(I)cc1CN1CCOCC1. The largest absolute Gasteiger partial charge is 0.379 e. The smallest absolute Gasteiger partial charge is 0.0594 e. The van der Waals surface area contributed by atoms with Crippen LogP contribution >= 0.6 is 34.2 Å². The van der Waals surface area contributed by atoms with Crippen LogP contribution in [-0.4, -0.2) is 31.2 Å². The summed E-state index contributed by atoms with van der Waals surface area (Å²) < 4.78 is 6.55. The molecular formula is C11H13ClINO. The minimum Gasteiger partial charge on any atom is -0.379 e. The normalized spacial score (nSPS) is 18.0. The fraction of sp³-hybridized carbons (Fsp3) is 0.455. The standard InChI is InChI=1S/C11H13ClINO/c12-11-2-1-10(13)7-9(11)8-14-3-5-15-6-4-14/h1-2,7H,3-6,8H2. The van der Waals surface area contributed by atoms with Crippen molar-refractivity contribution < 1.29 is 4.74 Å². The second-order valence-electron chi connectivity index (χ2n) is 3.62. The third kappa shape index (κ3) is 3.31. The average molecular weight is 338 g/mol. The monoisotopic (exact) mass is 337 g/mol. The molecule has 0 aliphatic carbocycles. The Balaban J connectivity index is 2.05. The summed E-state index contributed by atoms with van der Waals surface area (Å²) in [5.74, 6) is 0. The predicted octanol–water partition coefficient (Wildman–Crippen LogP) is 2.78. The van der Waals surface area contributed by atoms with Gasteiger partial charge in [-0.05, 0) is 46.4 Å². The first-order valence-electron chi connectivity index (χ1n) is 5.00. The number of morpholine rings is 1. The molecule has 1 aromatic carbocycles. The highest BCUT2D eigenvalue weighted by atomic mass is 127. The molecule has 0 radical (unpaired) electrons. The Kier molecular flexibility index (Phi) is 4.25. The molecule has 1 aliphatic heterocycles. The van der Waals surface area contributed by atoms with Gasteiger partial charge in [-0.3, -0.25) is 4.90 Å². The van der Waals surface area contributed by atoms with Crippen molar-refractivity contribution in [3.8, 4) is 0 Å². The maximum atomic E-state index is 6.15. The van der Waals surface area contributed by atoms with Crippen molar-refractivity contribution in [3.63, 3.8) is 0 Å². The van der Waals surface area contributed by atoms with E-state index < -0.39 is 0 Å². The van der Waals surface area contributed by atoms with Gasteiger partial charge in [-0.2, -0.15) is 0 Å². The lowest BCUT2D eigenvalue weighted by atomic mass is 10.2. The number of rotatable bonds is 2. The molecule has 1 fully saturated rings. The zero-order chi connectivity index (χ0) is 10.7. The molecule has 2 rings (SSSR count). The summed E-state index contributed by atoms with van der Waals surface area (Å²) in [5.41, 5.74) is 1.21. The van der Waals surface area contributed by atoms with Gasteiger partial charge in [0, 0.05) is 28.2 Å². The number of hydrogen-bond acceptors (Lipinski definition) is 2. The Labute approximate surface area is 109 Å². The van der Waals surface area contributed by atoms with Crippen LogP contribution in [0.25, 0.3) is 0 Å². The maximum Gasteiger partial charge on any atom is 0.0594 e. The van der Waals surface area contributed by atoms with Gasteiger partial charge in [0.25, 0.3) is 0 Å². The second kappa shape index (κ2) is 5.48. The Bertz CT molecular complexity index is 339. The van der Waals surface area contributed by atoms with Gasteiger partial charge in [0.05, 0.1) is 13.2 Å². The fourth-order valence-corrected chi connectivity index (χ4v) is 2.40. The lowest BCUT2D eigenvalue weighted by molar-refractivity contribution is 0.0342. The molecule has 2 nitrogen and oxygen atoms in total. The molecular weight excluding hydrogens is 324 g/mol. The van der Waals surface area contributed by atoms with Crippen molar-refractivity contribution >= 4 is 34.2 Å². The number of nitrogens with zero attached hydrogens (tertiary/aromatic N) is 1. The number of ether oxygens (including phenoxy) is 1. The zero-order valence-corrected chi connectivity index (χ0v) is 11.3. The topological polar surface area (TPSA) is 12.5 Å². The van der Waals surface area contributed by atoms with Crippen LogP contribution in [0, 0.1) is 3.57 Å². The summed E-state index contributed by atoms with van der Waals surface area (Å²) in [4.78, 5) is 2.38. The third-order valence-corrected chi connectivity index (χ3v) is 3.55. The molecule has 0 aromatic heterocycles. The second-order valence-corrected chi connectivity index (χ2v) is 5.28. The predicted molar refractivity (Wildman–Crippen MR) is 70.3 cm³/mol. The van der Waals surface area contributed by atoms with Gasteiger partial charge in [-0.15, -0.1) is 0 Å². The Morgan fingerprint density at radius 1 is 1.33 bits per heavy atom. The molecule has 0 bridgehead atoms. The molecule has 0 unspecified atom stereocenters. The molecule has 1 aromatic rings. The first kappa shape index (κ1) is 11.6. The quantitative estimate of drug-likeness (QED) is 0.770. The van der Waals surface area contributed by atoms with E-state index in [-0.39, 0.29) is 0 Å². The van der Waals surface area contributed by atoms with Crippen LogP contribution in [-0.2, 0) is 11.3 Å². The van der Waals surface area contributed by atoms with Crippen LogP contribution in [0.2, 0.25) is 5.02 Å². The third-order valence-electron chi connectivity index (χ3n) is 2.51. The lowest BCUT2D eigenvalue weighted by Gasteiger charge is -2.26. The highest BCUT2D eigenvalue weighted by Gasteiger charge is 2.12. The summed E-state index contributed by atoms with van der Waals surface area (Å²) in [5, 5.41) is 0.863. The van der Waals surface area contributed by atoms with E-state index >= 15 is 0 Å². The van der Waals surface area contributed by atoms with Crippen LogP contribution in [0.4, 0.5) is 0 Å². The highest BCUT2D eigenvalue weighted by Crippen LogP contribution is 2.20. The zero-order valence-electron chi connectivity index (χ0n) is 8.38. The first-order valence-corrected chi connectivity index (χ1v) is 6.45. The van der Waals surface area contributed by atoms with Crippen molar-refractivity contribution in [2.45, 2.75) is 6.54 Å². The molecule has 0 saturated carbocycles. The Morgan fingerprint density at radius 2 is 2.07 bits per heavy atom. The molecule has 1 aliphatic rings. The summed E-state index contributed by atoms with van der Waals surface area (Å²) in [6, 6.07) is 6.16. The molecule has 0 amide bonds. The van der Waals surface area contributed by atoms with Gasteiger partial charge in [0.15, 0.2) is 0 Å². The van der Waals surface area contributed by atoms with Gasteiger partial charge < -0.3 is 4.74 Å². The molecule has 82 valence electrons. The minimum absolute atomic E-state index is 0.835. The summed E-state index contributed by atoms with van der Waals surface area (Å²) >= 11 is 8.47. The Hall–Kier alpha value is 0.160. The van der Waals surface area contributed by atoms with Crippen LogP contribution in [0.5, 0.6) is 0 Å².